The number of piperazine rings is 1. The summed E-state index contributed by atoms with van der Waals surface area (Å²) < 4.78 is 0. The topological polar surface area (TPSA) is 198 Å². The fourth-order valence-electron chi connectivity index (χ4n) is 4.14. The maximum absolute atomic E-state index is 12.3. The molecule has 0 aliphatic carbocycles. The zero-order valence-corrected chi connectivity index (χ0v) is 18.8. The van der Waals surface area contributed by atoms with E-state index in [0.29, 0.717) is 13.1 Å². The molecule has 2 fully saturated rings. The van der Waals surface area contributed by atoms with Crippen LogP contribution in [0.25, 0.3) is 0 Å². The molecule has 2 saturated heterocycles. The van der Waals surface area contributed by atoms with Crippen LogP contribution in [0.4, 0.5) is 5.69 Å². The zero-order chi connectivity index (χ0) is 24.8. The summed E-state index contributed by atoms with van der Waals surface area (Å²) >= 11 is 0. The standard InChI is InChI=1S/C21H31N7O6/c1-28-13(10-24-17-16(28)19(32)27-21(22)26-17)8-9-23-12-4-2-11(3-5-12)18(31)25-14(20(33)34)6-7-15(29)30/h2-5,13-14,16-17,21,23-24,26H,6-10,22H2,1H3,(H,25,31)(H,27,32)(H,29,30)(H,33,34). The monoisotopic (exact) mass is 477 g/mol. The summed E-state index contributed by atoms with van der Waals surface area (Å²) in [6, 6.07) is 5.03. The molecule has 1 aromatic carbocycles. The fraction of sp³-hybridized carbons (Fsp3) is 0.524. The Morgan fingerprint density at radius 1 is 1.24 bits per heavy atom. The summed E-state index contributed by atoms with van der Waals surface area (Å²) in [6.45, 7) is 1.32. The van der Waals surface area contributed by atoms with Crippen LogP contribution in [-0.2, 0) is 14.4 Å². The minimum Gasteiger partial charge on any atom is -0.481 e. The van der Waals surface area contributed by atoms with Crippen molar-refractivity contribution in [2.24, 2.45) is 5.73 Å². The van der Waals surface area contributed by atoms with E-state index in [2.05, 4.69) is 26.6 Å². The first-order chi connectivity index (χ1) is 16.2. The number of carboxylic acids is 2. The van der Waals surface area contributed by atoms with E-state index < -0.39 is 30.2 Å². The average molecular weight is 478 g/mol. The maximum Gasteiger partial charge on any atom is 0.326 e. The summed E-state index contributed by atoms with van der Waals surface area (Å²) in [5.74, 6) is -3.13. The molecular formula is C21H31N7O6. The first-order valence-corrected chi connectivity index (χ1v) is 11.0. The molecule has 0 spiro atoms. The highest BCUT2D eigenvalue weighted by atomic mass is 16.4. The quantitative estimate of drug-likeness (QED) is 0.187. The molecule has 0 saturated carbocycles. The summed E-state index contributed by atoms with van der Waals surface area (Å²) in [5.41, 5.74) is 6.81. The van der Waals surface area contributed by atoms with Gasteiger partial charge in [0.05, 0.1) is 6.17 Å². The first-order valence-electron chi connectivity index (χ1n) is 11.0. The molecule has 2 aliphatic heterocycles. The van der Waals surface area contributed by atoms with Crippen molar-refractivity contribution in [3.8, 4) is 0 Å². The first kappa shape index (κ1) is 25.4. The number of hydrogen-bond acceptors (Lipinski definition) is 9. The van der Waals surface area contributed by atoms with Gasteiger partial charge in [0.25, 0.3) is 5.91 Å². The molecule has 9 N–H and O–H groups in total. The van der Waals surface area contributed by atoms with Crippen LogP contribution in [0.3, 0.4) is 0 Å². The average Bonchev–Trinajstić information content (AvgIpc) is 2.77. The Hall–Kier alpha value is -3.26. The lowest BCUT2D eigenvalue weighted by molar-refractivity contribution is -0.140. The number of benzene rings is 1. The number of likely N-dealkylation sites (N-methyl/N-ethyl adjacent to an activating group) is 1. The van der Waals surface area contributed by atoms with Crippen LogP contribution in [-0.4, -0.2) is 89.6 Å². The predicted octanol–water partition coefficient (Wildman–Crippen LogP) is -1.90. The van der Waals surface area contributed by atoms with Crippen LogP contribution in [0.1, 0.15) is 29.6 Å². The van der Waals surface area contributed by atoms with E-state index >= 15 is 0 Å². The highest BCUT2D eigenvalue weighted by Crippen LogP contribution is 2.17. The number of carboxylic acid groups (broad SMARTS) is 2. The lowest BCUT2D eigenvalue weighted by atomic mass is 10.0. The van der Waals surface area contributed by atoms with Gasteiger partial charge in [0.15, 0.2) is 0 Å². The van der Waals surface area contributed by atoms with E-state index in [9.17, 15) is 24.3 Å². The zero-order valence-electron chi connectivity index (χ0n) is 18.8. The number of hydrogen-bond donors (Lipinski definition) is 8. The van der Waals surface area contributed by atoms with Crippen LogP contribution in [0.2, 0.25) is 0 Å². The van der Waals surface area contributed by atoms with Gasteiger partial charge in [0.2, 0.25) is 5.91 Å². The van der Waals surface area contributed by atoms with Gasteiger partial charge in [0.1, 0.15) is 18.4 Å². The van der Waals surface area contributed by atoms with Crippen molar-refractivity contribution in [3.05, 3.63) is 29.8 Å². The summed E-state index contributed by atoms with van der Waals surface area (Å²) in [4.78, 5) is 48.6. The van der Waals surface area contributed by atoms with Gasteiger partial charge in [-0.25, -0.2) is 4.79 Å². The molecule has 13 nitrogen and oxygen atoms in total. The van der Waals surface area contributed by atoms with Gasteiger partial charge in [-0.05, 0) is 44.2 Å². The lowest BCUT2D eigenvalue weighted by Gasteiger charge is -2.48. The number of fused-ring (bicyclic) bond motifs is 1. The van der Waals surface area contributed by atoms with Crippen molar-refractivity contribution in [1.29, 1.82) is 0 Å². The highest BCUT2D eigenvalue weighted by molar-refractivity contribution is 5.97. The van der Waals surface area contributed by atoms with Crippen LogP contribution in [0.5, 0.6) is 0 Å². The van der Waals surface area contributed by atoms with E-state index in [1.165, 1.54) is 0 Å². The molecule has 3 rings (SSSR count). The second-order valence-electron chi connectivity index (χ2n) is 8.39. The van der Waals surface area contributed by atoms with Crippen LogP contribution < -0.4 is 32.3 Å². The molecule has 5 atom stereocenters. The Balaban J connectivity index is 1.47. The van der Waals surface area contributed by atoms with Crippen molar-refractivity contribution in [3.63, 3.8) is 0 Å². The van der Waals surface area contributed by atoms with Crippen LogP contribution in [0.15, 0.2) is 24.3 Å². The van der Waals surface area contributed by atoms with Gasteiger partial charge in [-0.15, -0.1) is 0 Å². The normalized spacial score (nSPS) is 25.5. The van der Waals surface area contributed by atoms with Gasteiger partial charge >= 0.3 is 11.9 Å². The minimum atomic E-state index is -1.29. The Kier molecular flexibility index (Phi) is 8.39. The largest absolute Gasteiger partial charge is 0.481 e. The molecule has 186 valence electrons. The van der Waals surface area contributed by atoms with Crippen molar-refractivity contribution in [2.75, 3.05) is 25.5 Å². The number of nitrogens with zero attached hydrogens (tertiary/aromatic N) is 1. The predicted molar refractivity (Wildman–Crippen MR) is 122 cm³/mol. The Bertz CT molecular complexity index is 911. The van der Waals surface area contributed by atoms with Gasteiger partial charge in [-0.1, -0.05) is 0 Å². The number of aliphatic carboxylic acids is 2. The van der Waals surface area contributed by atoms with Crippen molar-refractivity contribution < 1.29 is 29.4 Å². The molecule has 2 amide bonds. The summed E-state index contributed by atoms with van der Waals surface area (Å²) in [6.07, 6.45) is -0.577. The van der Waals surface area contributed by atoms with Gasteiger partial charge in [0, 0.05) is 36.8 Å². The minimum absolute atomic E-state index is 0.120. The number of amides is 2. The van der Waals surface area contributed by atoms with Gasteiger partial charge < -0.3 is 26.2 Å². The molecule has 13 heteroatoms. The fourth-order valence-corrected chi connectivity index (χ4v) is 4.14. The molecule has 0 radical (unpaired) electrons. The van der Waals surface area contributed by atoms with E-state index in [0.717, 1.165) is 12.1 Å². The van der Waals surface area contributed by atoms with Crippen molar-refractivity contribution in [2.45, 2.75) is 49.8 Å². The van der Waals surface area contributed by atoms with Crippen molar-refractivity contribution in [1.82, 2.24) is 26.2 Å². The molecular weight excluding hydrogens is 446 g/mol. The van der Waals surface area contributed by atoms with E-state index in [-0.39, 0.29) is 42.6 Å². The number of nitrogens with two attached hydrogens (primary N) is 1. The Morgan fingerprint density at radius 3 is 2.59 bits per heavy atom. The maximum atomic E-state index is 12.3. The van der Waals surface area contributed by atoms with Crippen LogP contribution in [0, 0.1) is 0 Å². The number of carbonyl (C=O) groups excluding carboxylic acids is 2. The van der Waals surface area contributed by atoms with Gasteiger partial charge in [-0.3, -0.25) is 35.7 Å². The highest BCUT2D eigenvalue weighted by Gasteiger charge is 2.42. The Labute approximate surface area is 196 Å². The van der Waals surface area contributed by atoms with Gasteiger partial charge in [-0.2, -0.15) is 0 Å². The molecule has 0 aromatic heterocycles. The summed E-state index contributed by atoms with van der Waals surface area (Å²) in [5, 5.41) is 32.7. The number of anilines is 1. The van der Waals surface area contributed by atoms with Crippen LogP contribution >= 0.6 is 0 Å². The third-order valence-electron chi connectivity index (χ3n) is 6.03. The molecule has 2 aliphatic rings. The number of nitrogens with one attached hydrogen (secondary N) is 5. The SMILES string of the molecule is CN1C(CCNc2ccc(C(=O)NC(CCC(=O)O)C(=O)O)cc2)CNC2NC(N)NC(=O)C21. The second-order valence-corrected chi connectivity index (χ2v) is 8.39. The second kappa shape index (κ2) is 11.2. The molecule has 5 unspecified atom stereocenters. The summed E-state index contributed by atoms with van der Waals surface area (Å²) in [7, 11) is 1.91. The molecule has 1 aromatic rings. The third kappa shape index (κ3) is 6.41. The smallest absolute Gasteiger partial charge is 0.326 e. The van der Waals surface area contributed by atoms with Crippen molar-refractivity contribution >= 4 is 29.4 Å². The van der Waals surface area contributed by atoms with E-state index in [1.54, 1.807) is 24.3 Å². The number of carbonyl (C=O) groups is 4. The molecule has 2 heterocycles. The molecule has 34 heavy (non-hydrogen) atoms. The lowest BCUT2D eigenvalue weighted by Crippen LogP contribution is -2.78. The molecule has 0 bridgehead atoms. The Morgan fingerprint density at radius 2 is 1.94 bits per heavy atom. The van der Waals surface area contributed by atoms with E-state index in [1.807, 2.05) is 11.9 Å². The van der Waals surface area contributed by atoms with E-state index in [4.69, 9.17) is 10.8 Å². The number of rotatable bonds is 10. The third-order valence-corrected chi connectivity index (χ3v) is 6.03.